The van der Waals surface area contributed by atoms with Crippen LogP contribution in [0.15, 0.2) is 36.5 Å². The normalized spacial score (nSPS) is 11.0. The number of nitrogens with one attached hydrogen (secondary N) is 1. The summed E-state index contributed by atoms with van der Waals surface area (Å²) >= 11 is 0. The molecule has 0 saturated heterocycles. The highest BCUT2D eigenvalue weighted by Crippen LogP contribution is 2.22. The number of anilines is 1. The Kier molecular flexibility index (Phi) is 3.42. The molecule has 3 rings (SSSR count). The zero-order chi connectivity index (χ0) is 15.0. The van der Waals surface area contributed by atoms with E-state index < -0.39 is 0 Å². The van der Waals surface area contributed by atoms with Crippen LogP contribution in [0.1, 0.15) is 28.1 Å². The van der Waals surface area contributed by atoms with Gasteiger partial charge >= 0.3 is 0 Å². The molecule has 0 amide bonds. The first-order chi connectivity index (χ1) is 10.1. The fourth-order valence-corrected chi connectivity index (χ4v) is 2.64. The third-order valence-electron chi connectivity index (χ3n) is 4.06. The van der Waals surface area contributed by atoms with Crippen molar-refractivity contribution in [3.8, 4) is 0 Å². The van der Waals surface area contributed by atoms with Crippen molar-refractivity contribution in [2.24, 2.45) is 0 Å². The molecule has 108 valence electrons. The van der Waals surface area contributed by atoms with Crippen molar-refractivity contribution in [1.29, 1.82) is 0 Å². The van der Waals surface area contributed by atoms with E-state index in [2.05, 4.69) is 78.9 Å². The van der Waals surface area contributed by atoms with Gasteiger partial charge in [0.1, 0.15) is 0 Å². The quantitative estimate of drug-likeness (QED) is 0.779. The van der Waals surface area contributed by atoms with Crippen LogP contribution in [0.5, 0.6) is 0 Å². The van der Waals surface area contributed by atoms with Gasteiger partial charge in [0.25, 0.3) is 0 Å². The van der Waals surface area contributed by atoms with Gasteiger partial charge in [-0.25, -0.2) is 4.98 Å². The minimum absolute atomic E-state index is 0.816. The summed E-state index contributed by atoms with van der Waals surface area (Å²) in [5, 5.41) is 3.54. The van der Waals surface area contributed by atoms with Crippen LogP contribution in [0.4, 0.5) is 5.69 Å². The Balaban J connectivity index is 1.97. The van der Waals surface area contributed by atoms with Gasteiger partial charge in [-0.1, -0.05) is 24.3 Å². The van der Waals surface area contributed by atoms with E-state index in [4.69, 9.17) is 0 Å². The number of hydrogen-bond acceptors (Lipinski definition) is 2. The summed E-state index contributed by atoms with van der Waals surface area (Å²) in [6, 6.07) is 10.6. The lowest BCUT2D eigenvalue weighted by molar-refractivity contribution is 1.06. The van der Waals surface area contributed by atoms with Crippen molar-refractivity contribution >= 4 is 11.3 Å². The lowest BCUT2D eigenvalue weighted by Gasteiger charge is -2.11. The number of hydrogen-bond donors (Lipinski definition) is 1. The molecule has 0 aliphatic rings. The summed E-state index contributed by atoms with van der Waals surface area (Å²) in [6.45, 7) is 9.25. The van der Waals surface area contributed by atoms with Crippen molar-refractivity contribution in [2.45, 2.75) is 34.2 Å². The van der Waals surface area contributed by atoms with Crippen molar-refractivity contribution in [3.05, 3.63) is 64.6 Å². The van der Waals surface area contributed by atoms with E-state index in [-0.39, 0.29) is 0 Å². The van der Waals surface area contributed by atoms with Crippen LogP contribution in [0.3, 0.4) is 0 Å². The lowest BCUT2D eigenvalue weighted by Crippen LogP contribution is -2.04. The van der Waals surface area contributed by atoms with E-state index in [1.54, 1.807) is 0 Å². The molecule has 0 aliphatic carbocycles. The maximum Gasteiger partial charge on any atom is 0.160 e. The first kappa shape index (κ1) is 13.7. The second-order valence-corrected chi connectivity index (χ2v) is 5.69. The Morgan fingerprint density at radius 2 is 1.86 bits per heavy atom. The van der Waals surface area contributed by atoms with Crippen LogP contribution in [-0.2, 0) is 6.54 Å². The molecule has 3 aromatic rings. The number of nitrogens with zero attached hydrogens (tertiary/aromatic N) is 2. The fraction of sp³-hybridized carbons (Fsp3) is 0.278. The smallest absolute Gasteiger partial charge is 0.160 e. The average Bonchev–Trinajstić information content (AvgIpc) is 2.74. The largest absolute Gasteiger partial charge is 0.378 e. The summed E-state index contributed by atoms with van der Waals surface area (Å²) in [5.41, 5.74) is 8.24. The van der Waals surface area contributed by atoms with Gasteiger partial charge in [-0.05, 0) is 50.5 Å². The highest BCUT2D eigenvalue weighted by atomic mass is 15.1. The van der Waals surface area contributed by atoms with E-state index in [0.29, 0.717) is 0 Å². The zero-order valence-corrected chi connectivity index (χ0v) is 13.1. The number of fused-ring (bicyclic) bond motifs is 1. The molecule has 1 N–H and O–H groups in total. The molecule has 3 nitrogen and oxygen atoms in total. The predicted molar refractivity (Wildman–Crippen MR) is 87.9 cm³/mol. The lowest BCUT2D eigenvalue weighted by atomic mass is 10.1. The predicted octanol–water partition coefficient (Wildman–Crippen LogP) is 4.18. The Labute approximate surface area is 125 Å². The topological polar surface area (TPSA) is 29.3 Å². The van der Waals surface area contributed by atoms with Gasteiger partial charge in [-0.2, -0.15) is 0 Å². The Morgan fingerprint density at radius 1 is 1.10 bits per heavy atom. The summed E-state index contributed by atoms with van der Waals surface area (Å²) in [6.07, 6.45) is 2.14. The van der Waals surface area contributed by atoms with Gasteiger partial charge in [-0.15, -0.1) is 0 Å². The SMILES string of the molecule is Cc1cc(NCc2ccccc2C)c2nc(C)c(C)n2c1. The number of benzene rings is 1. The van der Waals surface area contributed by atoms with Crippen LogP contribution in [0.25, 0.3) is 5.65 Å². The molecule has 21 heavy (non-hydrogen) atoms. The maximum absolute atomic E-state index is 4.69. The average molecular weight is 279 g/mol. The molecule has 2 heterocycles. The summed E-state index contributed by atoms with van der Waals surface area (Å²) in [4.78, 5) is 4.69. The Hall–Kier alpha value is -2.29. The Morgan fingerprint density at radius 3 is 2.62 bits per heavy atom. The first-order valence-electron chi connectivity index (χ1n) is 7.30. The second kappa shape index (κ2) is 5.24. The van der Waals surface area contributed by atoms with Crippen LogP contribution in [-0.4, -0.2) is 9.38 Å². The van der Waals surface area contributed by atoms with Crippen LogP contribution in [0, 0.1) is 27.7 Å². The van der Waals surface area contributed by atoms with E-state index in [0.717, 1.165) is 23.6 Å². The van der Waals surface area contributed by atoms with Crippen LogP contribution >= 0.6 is 0 Å². The molecule has 2 aromatic heterocycles. The van der Waals surface area contributed by atoms with Gasteiger partial charge in [0.2, 0.25) is 0 Å². The molecular formula is C18H21N3. The van der Waals surface area contributed by atoms with Crippen LogP contribution in [0.2, 0.25) is 0 Å². The molecule has 0 spiro atoms. The van der Waals surface area contributed by atoms with Crippen molar-refractivity contribution in [1.82, 2.24) is 9.38 Å². The van der Waals surface area contributed by atoms with Crippen LogP contribution < -0.4 is 5.32 Å². The number of rotatable bonds is 3. The molecule has 0 unspecified atom stereocenters. The van der Waals surface area contributed by atoms with E-state index >= 15 is 0 Å². The molecule has 3 heteroatoms. The van der Waals surface area contributed by atoms with Crippen molar-refractivity contribution in [3.63, 3.8) is 0 Å². The minimum atomic E-state index is 0.816. The number of aryl methyl sites for hydroxylation is 4. The van der Waals surface area contributed by atoms with E-state index in [1.165, 1.54) is 22.4 Å². The van der Waals surface area contributed by atoms with Gasteiger partial charge in [0.05, 0.1) is 11.4 Å². The Bertz CT molecular complexity index is 800. The summed E-state index contributed by atoms with van der Waals surface area (Å²) in [7, 11) is 0. The molecule has 0 atom stereocenters. The molecule has 0 radical (unpaired) electrons. The highest BCUT2D eigenvalue weighted by Gasteiger charge is 2.09. The minimum Gasteiger partial charge on any atom is -0.378 e. The number of pyridine rings is 1. The summed E-state index contributed by atoms with van der Waals surface area (Å²) in [5.74, 6) is 0. The van der Waals surface area contributed by atoms with Crippen molar-refractivity contribution in [2.75, 3.05) is 5.32 Å². The second-order valence-electron chi connectivity index (χ2n) is 5.69. The van der Waals surface area contributed by atoms with Crippen molar-refractivity contribution < 1.29 is 0 Å². The molecule has 0 fully saturated rings. The van der Waals surface area contributed by atoms with E-state index in [1.807, 2.05) is 0 Å². The number of aromatic nitrogens is 2. The molecule has 0 saturated carbocycles. The molecule has 0 aliphatic heterocycles. The van der Waals surface area contributed by atoms with Gasteiger partial charge in [0, 0.05) is 18.4 Å². The van der Waals surface area contributed by atoms with E-state index in [9.17, 15) is 0 Å². The monoisotopic (exact) mass is 279 g/mol. The van der Waals surface area contributed by atoms with Gasteiger partial charge in [0.15, 0.2) is 5.65 Å². The third-order valence-corrected chi connectivity index (χ3v) is 4.06. The molecule has 1 aromatic carbocycles. The van der Waals surface area contributed by atoms with Gasteiger partial charge in [-0.3, -0.25) is 0 Å². The zero-order valence-electron chi connectivity index (χ0n) is 13.1. The number of imidazole rings is 1. The summed E-state index contributed by atoms with van der Waals surface area (Å²) < 4.78 is 2.17. The van der Waals surface area contributed by atoms with Gasteiger partial charge < -0.3 is 9.72 Å². The third kappa shape index (κ3) is 2.51. The first-order valence-corrected chi connectivity index (χ1v) is 7.30. The highest BCUT2D eigenvalue weighted by molar-refractivity contribution is 5.69. The molecular weight excluding hydrogens is 258 g/mol. The maximum atomic E-state index is 4.69. The fourth-order valence-electron chi connectivity index (χ4n) is 2.64. The standard InChI is InChI=1S/C18H21N3/c1-12-9-17(18-20-14(3)15(4)21(18)11-12)19-10-16-8-6-5-7-13(16)2/h5-9,11,19H,10H2,1-4H3. The molecule has 0 bridgehead atoms.